The van der Waals surface area contributed by atoms with Crippen molar-refractivity contribution in [2.45, 2.75) is 12.3 Å². The van der Waals surface area contributed by atoms with Crippen molar-refractivity contribution < 1.29 is 4.79 Å². The lowest BCUT2D eigenvalue weighted by molar-refractivity contribution is -0.117. The summed E-state index contributed by atoms with van der Waals surface area (Å²) in [5, 5.41) is 11.4. The predicted octanol–water partition coefficient (Wildman–Crippen LogP) is 5.84. The molecular weight excluding hydrogens is 322 g/mol. The largest absolute Gasteiger partial charge is 0.326 e. The molecule has 3 aromatic carbocycles. The SMILES string of the molecule is O=C(Nc1ccc(N=Nc2ccccc2)cc1)[C@H]1C[C@H]1c1ccccc1. The number of nitrogens with one attached hydrogen (secondary N) is 1. The minimum absolute atomic E-state index is 0.0647. The van der Waals surface area contributed by atoms with Gasteiger partial charge in [0.25, 0.3) is 0 Å². The molecule has 1 amide bonds. The molecule has 0 saturated heterocycles. The highest BCUT2D eigenvalue weighted by Crippen LogP contribution is 2.47. The Balaban J connectivity index is 1.35. The standard InChI is InChI=1S/C22H19N3O/c26-22(21-15-20(21)16-7-3-1-4-8-16)23-17-11-13-19(14-12-17)25-24-18-9-5-2-6-10-18/h1-14,20-21H,15H2,(H,23,26)/t20-,21-/m0/s1. The summed E-state index contributed by atoms with van der Waals surface area (Å²) in [6, 6.07) is 27.2. The van der Waals surface area contributed by atoms with Gasteiger partial charge in [-0.3, -0.25) is 4.79 Å². The van der Waals surface area contributed by atoms with Crippen molar-refractivity contribution in [2.24, 2.45) is 16.1 Å². The van der Waals surface area contributed by atoms with Crippen LogP contribution < -0.4 is 5.32 Å². The Hall–Kier alpha value is -3.27. The zero-order valence-corrected chi connectivity index (χ0v) is 14.2. The number of carbonyl (C=O) groups is 1. The lowest BCUT2D eigenvalue weighted by atomic mass is 10.1. The molecule has 1 aliphatic rings. The quantitative estimate of drug-likeness (QED) is 0.582. The van der Waals surface area contributed by atoms with Gasteiger partial charge < -0.3 is 5.32 Å². The van der Waals surface area contributed by atoms with Gasteiger partial charge in [0.15, 0.2) is 0 Å². The number of hydrogen-bond donors (Lipinski definition) is 1. The average Bonchev–Trinajstić information content (AvgIpc) is 3.50. The highest BCUT2D eigenvalue weighted by atomic mass is 16.2. The van der Waals surface area contributed by atoms with E-state index in [-0.39, 0.29) is 11.8 Å². The van der Waals surface area contributed by atoms with E-state index in [0.29, 0.717) is 5.92 Å². The minimum Gasteiger partial charge on any atom is -0.326 e. The smallest absolute Gasteiger partial charge is 0.228 e. The molecule has 0 unspecified atom stereocenters. The van der Waals surface area contributed by atoms with Crippen LogP contribution in [0.25, 0.3) is 0 Å². The second-order valence-corrected chi connectivity index (χ2v) is 6.43. The van der Waals surface area contributed by atoms with Crippen LogP contribution in [0.4, 0.5) is 17.1 Å². The molecule has 1 saturated carbocycles. The Morgan fingerprint density at radius 3 is 2.00 bits per heavy atom. The summed E-state index contributed by atoms with van der Waals surface area (Å²) in [5.41, 5.74) is 3.59. The molecular formula is C22H19N3O. The third-order valence-corrected chi connectivity index (χ3v) is 4.53. The number of carbonyl (C=O) groups excluding carboxylic acids is 1. The van der Waals surface area contributed by atoms with Crippen LogP contribution in [-0.2, 0) is 4.79 Å². The third kappa shape index (κ3) is 3.86. The summed E-state index contributed by atoms with van der Waals surface area (Å²) >= 11 is 0. The van der Waals surface area contributed by atoms with Crippen molar-refractivity contribution in [1.82, 2.24) is 0 Å². The van der Waals surface area contributed by atoms with Gasteiger partial charge in [-0.2, -0.15) is 10.2 Å². The molecule has 128 valence electrons. The van der Waals surface area contributed by atoms with E-state index in [4.69, 9.17) is 0 Å². The fourth-order valence-electron chi connectivity index (χ4n) is 3.01. The topological polar surface area (TPSA) is 53.8 Å². The van der Waals surface area contributed by atoms with Crippen LogP contribution in [0, 0.1) is 5.92 Å². The Morgan fingerprint density at radius 2 is 1.35 bits per heavy atom. The van der Waals surface area contributed by atoms with Crippen LogP contribution >= 0.6 is 0 Å². The molecule has 0 spiro atoms. The molecule has 4 nitrogen and oxygen atoms in total. The molecule has 0 radical (unpaired) electrons. The maximum Gasteiger partial charge on any atom is 0.228 e. The van der Waals surface area contributed by atoms with Crippen molar-refractivity contribution in [3.63, 3.8) is 0 Å². The van der Waals surface area contributed by atoms with Crippen molar-refractivity contribution in [3.05, 3.63) is 90.5 Å². The van der Waals surface area contributed by atoms with E-state index in [2.05, 4.69) is 27.7 Å². The first kappa shape index (κ1) is 16.2. The molecule has 4 heteroatoms. The van der Waals surface area contributed by atoms with Crippen LogP contribution in [0.3, 0.4) is 0 Å². The molecule has 0 heterocycles. The minimum atomic E-state index is 0.0647. The molecule has 0 aliphatic heterocycles. The summed E-state index contributed by atoms with van der Waals surface area (Å²) < 4.78 is 0. The van der Waals surface area contributed by atoms with E-state index in [1.807, 2.05) is 72.8 Å². The molecule has 0 bridgehead atoms. The summed E-state index contributed by atoms with van der Waals surface area (Å²) in [4.78, 5) is 12.4. The number of rotatable bonds is 5. The van der Waals surface area contributed by atoms with Gasteiger partial charge in [0, 0.05) is 11.6 Å². The number of amides is 1. The second-order valence-electron chi connectivity index (χ2n) is 6.43. The van der Waals surface area contributed by atoms with Crippen molar-refractivity contribution in [2.75, 3.05) is 5.32 Å². The van der Waals surface area contributed by atoms with Crippen molar-refractivity contribution >= 4 is 23.0 Å². The Kier molecular flexibility index (Phi) is 4.56. The van der Waals surface area contributed by atoms with Crippen LogP contribution in [0.5, 0.6) is 0 Å². The number of nitrogens with zero attached hydrogens (tertiary/aromatic N) is 2. The van der Waals surface area contributed by atoms with E-state index < -0.39 is 0 Å². The van der Waals surface area contributed by atoms with Gasteiger partial charge in [0.2, 0.25) is 5.91 Å². The first-order valence-electron chi connectivity index (χ1n) is 8.72. The molecule has 0 aromatic heterocycles. The van der Waals surface area contributed by atoms with Crippen LogP contribution in [0.2, 0.25) is 0 Å². The van der Waals surface area contributed by atoms with E-state index in [1.54, 1.807) is 0 Å². The highest BCUT2D eigenvalue weighted by molar-refractivity contribution is 5.95. The fraction of sp³-hybridized carbons (Fsp3) is 0.136. The Labute approximate surface area is 152 Å². The Bertz CT molecular complexity index is 905. The molecule has 3 aromatic rings. The van der Waals surface area contributed by atoms with Gasteiger partial charge in [0.05, 0.1) is 11.4 Å². The molecule has 26 heavy (non-hydrogen) atoms. The summed E-state index contributed by atoms with van der Waals surface area (Å²) in [6.07, 6.45) is 0.916. The number of benzene rings is 3. The molecule has 4 rings (SSSR count). The second kappa shape index (κ2) is 7.31. The predicted molar refractivity (Wildman–Crippen MR) is 103 cm³/mol. The summed E-state index contributed by atoms with van der Waals surface area (Å²) in [5.74, 6) is 0.488. The summed E-state index contributed by atoms with van der Waals surface area (Å²) in [7, 11) is 0. The lowest BCUT2D eigenvalue weighted by Crippen LogP contribution is -2.14. The van der Waals surface area contributed by atoms with E-state index in [1.165, 1.54) is 5.56 Å². The first-order chi connectivity index (χ1) is 12.8. The molecule has 1 aliphatic carbocycles. The van der Waals surface area contributed by atoms with Gasteiger partial charge >= 0.3 is 0 Å². The molecule has 1 fully saturated rings. The lowest BCUT2D eigenvalue weighted by Gasteiger charge is -2.05. The molecule has 1 N–H and O–H groups in total. The fourth-order valence-corrected chi connectivity index (χ4v) is 3.01. The average molecular weight is 341 g/mol. The Morgan fingerprint density at radius 1 is 0.769 bits per heavy atom. The van der Waals surface area contributed by atoms with E-state index >= 15 is 0 Å². The van der Waals surface area contributed by atoms with Gasteiger partial charge in [0.1, 0.15) is 0 Å². The van der Waals surface area contributed by atoms with Crippen molar-refractivity contribution in [3.8, 4) is 0 Å². The monoisotopic (exact) mass is 341 g/mol. The number of hydrogen-bond acceptors (Lipinski definition) is 3. The number of anilines is 1. The molecule has 2 atom stereocenters. The maximum atomic E-state index is 12.4. The summed E-state index contributed by atoms with van der Waals surface area (Å²) in [6.45, 7) is 0. The van der Waals surface area contributed by atoms with Crippen LogP contribution in [-0.4, -0.2) is 5.91 Å². The van der Waals surface area contributed by atoms with Gasteiger partial charge in [-0.05, 0) is 54.3 Å². The van der Waals surface area contributed by atoms with Crippen LogP contribution in [0.1, 0.15) is 17.9 Å². The van der Waals surface area contributed by atoms with Gasteiger partial charge in [-0.1, -0.05) is 48.5 Å². The normalized spacial score (nSPS) is 18.6. The highest BCUT2D eigenvalue weighted by Gasteiger charge is 2.43. The number of azo groups is 1. The van der Waals surface area contributed by atoms with Gasteiger partial charge in [-0.25, -0.2) is 0 Å². The maximum absolute atomic E-state index is 12.4. The van der Waals surface area contributed by atoms with Crippen LogP contribution in [0.15, 0.2) is 95.2 Å². The first-order valence-corrected chi connectivity index (χ1v) is 8.72. The third-order valence-electron chi connectivity index (χ3n) is 4.53. The van der Waals surface area contributed by atoms with E-state index in [9.17, 15) is 4.79 Å². The van der Waals surface area contributed by atoms with Crippen molar-refractivity contribution in [1.29, 1.82) is 0 Å². The van der Waals surface area contributed by atoms with Gasteiger partial charge in [-0.15, -0.1) is 0 Å². The van der Waals surface area contributed by atoms with E-state index in [0.717, 1.165) is 23.5 Å². The zero-order valence-electron chi connectivity index (χ0n) is 14.2. The zero-order chi connectivity index (χ0) is 17.8.